The Balaban J connectivity index is 1.92. The first kappa shape index (κ1) is 17.4. The molecule has 0 spiro atoms. The van der Waals surface area contributed by atoms with Crippen molar-refractivity contribution in [3.05, 3.63) is 29.3 Å². The molecule has 0 unspecified atom stereocenters. The van der Waals surface area contributed by atoms with Crippen LogP contribution in [0, 0.1) is 24.2 Å². The minimum atomic E-state index is -3.60. The van der Waals surface area contributed by atoms with Gasteiger partial charge in [-0.15, -0.1) is 0 Å². The largest absolute Gasteiger partial charge is 0.393 e. The van der Waals surface area contributed by atoms with Crippen LogP contribution in [0.15, 0.2) is 23.1 Å². The van der Waals surface area contributed by atoms with Gasteiger partial charge in [-0.3, -0.25) is 0 Å². The van der Waals surface area contributed by atoms with E-state index in [2.05, 4.69) is 0 Å². The molecule has 1 saturated carbocycles. The molecule has 3 atom stereocenters. The van der Waals surface area contributed by atoms with E-state index in [1.165, 1.54) is 6.07 Å². The molecule has 3 rings (SSSR count). The molecule has 2 fully saturated rings. The highest BCUT2D eigenvalue weighted by molar-refractivity contribution is 7.89. The van der Waals surface area contributed by atoms with E-state index >= 15 is 0 Å². The Kier molecular flexibility index (Phi) is 4.95. The van der Waals surface area contributed by atoms with Gasteiger partial charge in [-0.2, -0.15) is 9.57 Å². The molecule has 130 valence electrons. The molecular formula is C18H24N2O3S. The van der Waals surface area contributed by atoms with Gasteiger partial charge in [-0.1, -0.05) is 12.8 Å². The summed E-state index contributed by atoms with van der Waals surface area (Å²) in [4.78, 5) is 0.277. The number of aliphatic hydroxyl groups excluding tert-OH is 1. The highest BCUT2D eigenvalue weighted by Gasteiger charge is 2.42. The molecule has 1 aliphatic carbocycles. The van der Waals surface area contributed by atoms with Gasteiger partial charge in [0, 0.05) is 18.5 Å². The monoisotopic (exact) mass is 348 g/mol. The second-order valence-electron chi connectivity index (χ2n) is 6.93. The summed E-state index contributed by atoms with van der Waals surface area (Å²) in [6.07, 6.45) is 4.99. The van der Waals surface area contributed by atoms with Gasteiger partial charge in [0.1, 0.15) is 0 Å². The molecule has 0 radical (unpaired) electrons. The van der Waals surface area contributed by atoms with E-state index in [0.29, 0.717) is 17.7 Å². The molecule has 2 aliphatic rings. The fourth-order valence-electron chi connectivity index (χ4n) is 4.22. The molecule has 1 aliphatic heterocycles. The maximum Gasteiger partial charge on any atom is 0.243 e. The summed E-state index contributed by atoms with van der Waals surface area (Å²) in [6.45, 7) is 2.24. The lowest BCUT2D eigenvalue weighted by molar-refractivity contribution is 0.0386. The Morgan fingerprint density at radius 1 is 1.21 bits per heavy atom. The lowest BCUT2D eigenvalue weighted by atomic mass is 9.81. The van der Waals surface area contributed by atoms with E-state index in [4.69, 9.17) is 5.26 Å². The second-order valence-corrected chi connectivity index (χ2v) is 8.79. The number of aliphatic hydroxyl groups is 1. The van der Waals surface area contributed by atoms with Crippen LogP contribution in [0.1, 0.15) is 49.7 Å². The molecule has 5 nitrogen and oxygen atoms in total. The first-order valence-corrected chi connectivity index (χ1v) is 10.1. The van der Waals surface area contributed by atoms with Gasteiger partial charge in [-0.05, 0) is 56.4 Å². The zero-order valence-electron chi connectivity index (χ0n) is 14.0. The van der Waals surface area contributed by atoms with Crippen LogP contribution in [0.3, 0.4) is 0 Å². The van der Waals surface area contributed by atoms with Crippen LogP contribution >= 0.6 is 0 Å². The summed E-state index contributed by atoms with van der Waals surface area (Å²) < 4.78 is 27.9. The van der Waals surface area contributed by atoms with E-state index in [9.17, 15) is 13.5 Å². The summed E-state index contributed by atoms with van der Waals surface area (Å²) in [5.74, 6) is 0.0368. The summed E-state index contributed by atoms with van der Waals surface area (Å²) >= 11 is 0. The van der Waals surface area contributed by atoms with Gasteiger partial charge < -0.3 is 5.11 Å². The van der Waals surface area contributed by atoms with Crippen molar-refractivity contribution in [3.8, 4) is 6.07 Å². The molecule has 1 heterocycles. The summed E-state index contributed by atoms with van der Waals surface area (Å²) in [5.41, 5.74) is 1.07. The van der Waals surface area contributed by atoms with E-state index in [1.54, 1.807) is 23.4 Å². The van der Waals surface area contributed by atoms with Crippen LogP contribution in [-0.2, 0) is 10.0 Å². The highest BCUT2D eigenvalue weighted by atomic mass is 32.2. The Morgan fingerprint density at radius 2 is 1.96 bits per heavy atom. The van der Waals surface area contributed by atoms with Crippen molar-refractivity contribution in [2.45, 2.75) is 62.5 Å². The van der Waals surface area contributed by atoms with Crippen molar-refractivity contribution in [1.29, 1.82) is 5.26 Å². The number of hydrogen-bond donors (Lipinski definition) is 1. The Labute approximate surface area is 144 Å². The van der Waals surface area contributed by atoms with Gasteiger partial charge in [0.25, 0.3) is 0 Å². The normalized spacial score (nSPS) is 28.6. The SMILES string of the molecule is Cc1cc(C#N)ccc1S(=O)(=O)N1CCC[C@@H]1[C@H]1CCCC[C@@H]1O. The van der Waals surface area contributed by atoms with Crippen molar-refractivity contribution < 1.29 is 13.5 Å². The van der Waals surface area contributed by atoms with Crippen LogP contribution in [0.2, 0.25) is 0 Å². The maximum absolute atomic E-state index is 13.2. The molecule has 6 heteroatoms. The third-order valence-electron chi connectivity index (χ3n) is 5.41. The van der Waals surface area contributed by atoms with Crippen LogP contribution in [0.4, 0.5) is 0 Å². The zero-order valence-corrected chi connectivity index (χ0v) is 14.8. The van der Waals surface area contributed by atoms with Gasteiger partial charge in [0.05, 0.1) is 22.6 Å². The third-order valence-corrected chi connectivity index (χ3v) is 7.50. The third kappa shape index (κ3) is 3.08. The number of hydrogen-bond acceptors (Lipinski definition) is 4. The molecule has 1 saturated heterocycles. The predicted molar refractivity (Wildman–Crippen MR) is 90.8 cm³/mol. The number of aryl methyl sites for hydroxylation is 1. The fourth-order valence-corrected chi connectivity index (χ4v) is 6.16. The average Bonchev–Trinajstić information content (AvgIpc) is 3.05. The van der Waals surface area contributed by atoms with E-state index in [-0.39, 0.29) is 16.9 Å². The van der Waals surface area contributed by atoms with Crippen LogP contribution in [0.25, 0.3) is 0 Å². The topological polar surface area (TPSA) is 81.4 Å². The molecule has 1 aromatic rings. The van der Waals surface area contributed by atoms with Crippen LogP contribution < -0.4 is 0 Å². The standard InChI is InChI=1S/C18H24N2O3S/c1-13-11-14(12-19)8-9-18(13)24(22,23)20-10-4-6-16(20)15-5-2-3-7-17(15)21/h8-9,11,15-17,21H,2-7,10H2,1H3/t15-,16-,17+/m1/s1. The molecular weight excluding hydrogens is 324 g/mol. The maximum atomic E-state index is 13.2. The number of sulfonamides is 1. The molecule has 0 bridgehead atoms. The Bertz CT molecular complexity index is 754. The summed E-state index contributed by atoms with van der Waals surface area (Å²) in [5, 5.41) is 19.3. The summed E-state index contributed by atoms with van der Waals surface area (Å²) in [6, 6.07) is 6.64. The Morgan fingerprint density at radius 3 is 2.62 bits per heavy atom. The first-order valence-electron chi connectivity index (χ1n) is 8.66. The van der Waals surface area contributed by atoms with E-state index in [0.717, 1.165) is 38.5 Å². The van der Waals surface area contributed by atoms with Gasteiger partial charge in [0.15, 0.2) is 0 Å². The molecule has 0 aromatic heterocycles. The van der Waals surface area contributed by atoms with E-state index in [1.807, 2.05) is 6.07 Å². The van der Waals surface area contributed by atoms with Crippen molar-refractivity contribution in [3.63, 3.8) is 0 Å². The van der Waals surface area contributed by atoms with Crippen molar-refractivity contribution in [2.24, 2.45) is 5.92 Å². The lowest BCUT2D eigenvalue weighted by Crippen LogP contribution is -2.45. The first-order chi connectivity index (χ1) is 11.4. The van der Waals surface area contributed by atoms with Crippen LogP contribution in [0.5, 0.6) is 0 Å². The van der Waals surface area contributed by atoms with Crippen molar-refractivity contribution >= 4 is 10.0 Å². The minimum absolute atomic E-state index is 0.0368. The number of rotatable bonds is 3. The number of nitrogens with zero attached hydrogens (tertiary/aromatic N) is 2. The summed E-state index contributed by atoms with van der Waals surface area (Å²) in [7, 11) is -3.60. The molecule has 1 aromatic carbocycles. The van der Waals surface area contributed by atoms with Crippen molar-refractivity contribution in [2.75, 3.05) is 6.54 Å². The van der Waals surface area contributed by atoms with E-state index < -0.39 is 16.1 Å². The van der Waals surface area contributed by atoms with Gasteiger partial charge >= 0.3 is 0 Å². The minimum Gasteiger partial charge on any atom is -0.393 e. The average molecular weight is 348 g/mol. The molecule has 24 heavy (non-hydrogen) atoms. The van der Waals surface area contributed by atoms with Crippen molar-refractivity contribution in [1.82, 2.24) is 4.31 Å². The zero-order chi connectivity index (χ0) is 17.3. The van der Waals surface area contributed by atoms with Crippen LogP contribution in [-0.4, -0.2) is 36.5 Å². The second kappa shape index (κ2) is 6.83. The lowest BCUT2D eigenvalue weighted by Gasteiger charge is -2.36. The fraction of sp³-hybridized carbons (Fsp3) is 0.611. The van der Waals surface area contributed by atoms with Gasteiger partial charge in [0.2, 0.25) is 10.0 Å². The van der Waals surface area contributed by atoms with Gasteiger partial charge in [-0.25, -0.2) is 8.42 Å². The predicted octanol–water partition coefficient (Wildman–Crippen LogP) is 2.57. The number of nitriles is 1. The molecule has 1 N–H and O–H groups in total. The highest BCUT2D eigenvalue weighted by Crippen LogP contribution is 2.37. The quantitative estimate of drug-likeness (QED) is 0.910. The Hall–Kier alpha value is -1.42. The smallest absolute Gasteiger partial charge is 0.243 e. The molecule has 0 amide bonds. The number of benzene rings is 1.